The number of aliphatic hydroxyl groups is 1. The number of methoxy groups -OCH3 is 1. The van der Waals surface area contributed by atoms with Crippen LogP contribution in [0.4, 0.5) is 14.0 Å². The Hall–Kier alpha value is -2.10. The minimum absolute atomic E-state index is 0.0321. The Kier molecular flexibility index (Phi) is 11.9. The van der Waals surface area contributed by atoms with E-state index in [1.54, 1.807) is 17.0 Å². The highest BCUT2D eigenvalue weighted by molar-refractivity contribution is 6.30. The van der Waals surface area contributed by atoms with Crippen molar-refractivity contribution in [2.75, 3.05) is 40.3 Å². The second kappa shape index (κ2) is 14.9. The normalized spacial score (nSPS) is 20.9. The number of likely N-dealkylation sites (tertiary alicyclic amines) is 1. The number of benzene rings is 1. The number of rotatable bonds is 11. The molecule has 3 atom stereocenters. The average Bonchev–Trinajstić information content (AvgIpc) is 2.93. The summed E-state index contributed by atoms with van der Waals surface area (Å²) in [6, 6.07) is 4.52. The molecule has 214 valence electrons. The molecule has 3 rings (SSSR count). The molecule has 8 nitrogen and oxygen atoms in total. The van der Waals surface area contributed by atoms with Crippen molar-refractivity contribution in [2.45, 2.75) is 75.9 Å². The topological polar surface area (TPSA) is 103 Å². The lowest BCUT2D eigenvalue weighted by molar-refractivity contribution is -0.0576. The third-order valence-electron chi connectivity index (χ3n) is 8.11. The summed E-state index contributed by atoms with van der Waals surface area (Å²) in [6.45, 7) is 1.84. The minimum Gasteiger partial charge on any atom is -0.453 e. The van der Waals surface area contributed by atoms with Crippen LogP contribution in [0.1, 0.15) is 69.8 Å². The number of amides is 3. The van der Waals surface area contributed by atoms with Gasteiger partial charge in [0.05, 0.1) is 17.7 Å². The molecule has 2 aliphatic rings. The molecule has 1 aromatic rings. The average molecular weight is 555 g/mol. The van der Waals surface area contributed by atoms with Crippen molar-refractivity contribution < 1.29 is 23.8 Å². The Balaban J connectivity index is 1.72. The maximum atomic E-state index is 15.2. The number of halogens is 2. The lowest BCUT2D eigenvalue weighted by Gasteiger charge is -2.43. The number of urea groups is 1. The van der Waals surface area contributed by atoms with E-state index in [1.807, 2.05) is 7.05 Å². The van der Waals surface area contributed by atoms with Gasteiger partial charge < -0.3 is 30.7 Å². The number of nitrogens with one attached hydrogen (secondary N) is 3. The van der Waals surface area contributed by atoms with E-state index in [4.69, 9.17) is 11.6 Å². The minimum atomic E-state index is -1.56. The van der Waals surface area contributed by atoms with Gasteiger partial charge in [-0.25, -0.2) is 14.0 Å². The van der Waals surface area contributed by atoms with Crippen molar-refractivity contribution in [1.29, 1.82) is 0 Å². The largest absolute Gasteiger partial charge is 0.453 e. The Morgan fingerprint density at radius 2 is 2.00 bits per heavy atom. The third-order valence-corrected chi connectivity index (χ3v) is 8.40. The third kappa shape index (κ3) is 8.20. The van der Waals surface area contributed by atoms with E-state index in [1.165, 1.54) is 45.3 Å². The van der Waals surface area contributed by atoms with Gasteiger partial charge in [0, 0.05) is 43.7 Å². The molecule has 1 aromatic carbocycles. The smallest absolute Gasteiger partial charge is 0.406 e. The molecule has 0 aromatic heterocycles. The number of nitrogens with zero attached hydrogens (tertiary/aromatic N) is 1. The van der Waals surface area contributed by atoms with E-state index in [9.17, 15) is 14.7 Å². The van der Waals surface area contributed by atoms with Crippen LogP contribution in [-0.2, 0) is 10.3 Å². The summed E-state index contributed by atoms with van der Waals surface area (Å²) < 4.78 is 19.8. The first-order valence-electron chi connectivity index (χ1n) is 14.0. The molecule has 1 aliphatic heterocycles. The Morgan fingerprint density at radius 3 is 2.71 bits per heavy atom. The summed E-state index contributed by atoms with van der Waals surface area (Å²) in [6.07, 6.45) is 8.55. The van der Waals surface area contributed by atoms with Gasteiger partial charge in [0.2, 0.25) is 0 Å². The van der Waals surface area contributed by atoms with Crippen LogP contribution in [0.2, 0.25) is 5.02 Å². The monoisotopic (exact) mass is 554 g/mol. The second-order valence-corrected chi connectivity index (χ2v) is 11.2. The highest BCUT2D eigenvalue weighted by Crippen LogP contribution is 2.41. The van der Waals surface area contributed by atoms with Crippen molar-refractivity contribution in [2.24, 2.45) is 11.8 Å². The van der Waals surface area contributed by atoms with Gasteiger partial charge in [0.25, 0.3) is 0 Å². The highest BCUT2D eigenvalue weighted by atomic mass is 35.5. The SMILES string of the molecule is CNC[C@H](CC1CCCCC1)NC(=O)N1CCC[C@@H]([C@@](O)(CCCNC(=O)OC)c2cccc(Cl)c2F)C1. The van der Waals surface area contributed by atoms with E-state index in [0.29, 0.717) is 44.8 Å². The summed E-state index contributed by atoms with van der Waals surface area (Å²) in [7, 11) is 3.18. The predicted octanol–water partition coefficient (Wildman–Crippen LogP) is 4.78. The maximum absolute atomic E-state index is 15.2. The number of piperidine rings is 1. The molecular weight excluding hydrogens is 511 g/mol. The second-order valence-electron chi connectivity index (χ2n) is 10.8. The van der Waals surface area contributed by atoms with Crippen LogP contribution in [-0.4, -0.2) is 68.5 Å². The molecule has 0 spiro atoms. The van der Waals surface area contributed by atoms with Crippen molar-refractivity contribution in [3.8, 4) is 0 Å². The first-order valence-corrected chi connectivity index (χ1v) is 14.3. The van der Waals surface area contributed by atoms with E-state index < -0.39 is 23.4 Å². The van der Waals surface area contributed by atoms with Crippen LogP contribution in [0.3, 0.4) is 0 Å². The van der Waals surface area contributed by atoms with E-state index >= 15 is 4.39 Å². The zero-order valence-electron chi connectivity index (χ0n) is 22.7. The van der Waals surface area contributed by atoms with Gasteiger partial charge in [-0.1, -0.05) is 55.8 Å². The first-order chi connectivity index (χ1) is 18.3. The van der Waals surface area contributed by atoms with Gasteiger partial charge in [-0.05, 0) is 51.1 Å². The molecule has 1 saturated heterocycles. The van der Waals surface area contributed by atoms with Crippen LogP contribution in [0.5, 0.6) is 0 Å². The Labute approximate surface area is 231 Å². The molecular formula is C28H44ClFN4O4. The summed E-state index contributed by atoms with van der Waals surface area (Å²) in [5.41, 5.74) is -1.43. The standard InChI is InChI=1S/C28H44ClFN4O4/c1-31-18-22(17-20-9-4-3-5-10-20)33-26(35)34-16-7-11-21(19-34)28(37,14-8-15-32-27(36)38-2)23-12-6-13-24(29)25(23)30/h6,12-13,20-22,31,37H,3-5,7-11,14-19H2,1-2H3,(H,32,36)(H,33,35)/t21-,22+,28+/m1/s1. The van der Waals surface area contributed by atoms with Crippen molar-refractivity contribution in [3.63, 3.8) is 0 Å². The van der Waals surface area contributed by atoms with Crippen molar-refractivity contribution in [3.05, 3.63) is 34.6 Å². The van der Waals surface area contributed by atoms with Gasteiger partial charge in [0.15, 0.2) is 0 Å². The van der Waals surface area contributed by atoms with Crippen LogP contribution in [0.15, 0.2) is 18.2 Å². The van der Waals surface area contributed by atoms with Gasteiger partial charge in [-0.15, -0.1) is 0 Å². The van der Waals surface area contributed by atoms with Crippen molar-refractivity contribution >= 4 is 23.7 Å². The van der Waals surface area contributed by atoms with Crippen LogP contribution < -0.4 is 16.0 Å². The molecule has 3 amide bonds. The molecule has 0 radical (unpaired) electrons. The lowest BCUT2D eigenvalue weighted by Crippen LogP contribution is -2.54. The zero-order chi connectivity index (χ0) is 27.5. The van der Waals surface area contributed by atoms with Gasteiger partial charge in [-0.3, -0.25) is 0 Å². The van der Waals surface area contributed by atoms with Gasteiger partial charge >= 0.3 is 12.1 Å². The molecule has 1 aliphatic carbocycles. The summed E-state index contributed by atoms with van der Waals surface area (Å²) in [5.74, 6) is -0.416. The number of ether oxygens (including phenoxy) is 1. The molecule has 0 unspecified atom stereocenters. The number of likely N-dealkylation sites (N-methyl/N-ethyl adjacent to an activating group) is 1. The summed E-state index contributed by atoms with van der Waals surface area (Å²) in [5, 5.41) is 21.0. The van der Waals surface area contributed by atoms with Gasteiger partial charge in [-0.2, -0.15) is 0 Å². The molecule has 0 bridgehead atoms. The number of carbonyl (C=O) groups excluding carboxylic acids is 2. The van der Waals surface area contributed by atoms with Crippen LogP contribution >= 0.6 is 11.6 Å². The summed E-state index contributed by atoms with van der Waals surface area (Å²) in [4.78, 5) is 26.6. The molecule has 4 N–H and O–H groups in total. The number of carbonyl (C=O) groups is 2. The Bertz CT molecular complexity index is 917. The molecule has 1 heterocycles. The molecule has 2 fully saturated rings. The lowest BCUT2D eigenvalue weighted by atomic mass is 9.74. The Morgan fingerprint density at radius 1 is 1.24 bits per heavy atom. The number of alkyl carbamates (subject to hydrolysis) is 1. The fraction of sp³-hybridized carbons (Fsp3) is 0.714. The van der Waals surface area contributed by atoms with Gasteiger partial charge in [0.1, 0.15) is 5.82 Å². The van der Waals surface area contributed by atoms with Crippen molar-refractivity contribution in [1.82, 2.24) is 20.9 Å². The fourth-order valence-corrected chi connectivity index (χ4v) is 6.27. The molecule has 10 heteroatoms. The summed E-state index contributed by atoms with van der Waals surface area (Å²) >= 11 is 6.09. The highest BCUT2D eigenvalue weighted by Gasteiger charge is 2.43. The zero-order valence-corrected chi connectivity index (χ0v) is 23.5. The van der Waals surface area contributed by atoms with E-state index in [2.05, 4.69) is 20.7 Å². The quantitative estimate of drug-likeness (QED) is 0.295. The van der Waals surface area contributed by atoms with Crippen LogP contribution in [0, 0.1) is 17.7 Å². The first kappa shape index (κ1) is 30.4. The molecule has 1 saturated carbocycles. The molecule has 38 heavy (non-hydrogen) atoms. The predicted molar refractivity (Wildman–Crippen MR) is 147 cm³/mol. The van der Waals surface area contributed by atoms with Crippen LogP contribution in [0.25, 0.3) is 0 Å². The maximum Gasteiger partial charge on any atom is 0.406 e. The van der Waals surface area contributed by atoms with E-state index in [0.717, 1.165) is 6.42 Å². The van der Waals surface area contributed by atoms with E-state index in [-0.39, 0.29) is 35.6 Å². The number of hydrogen-bond donors (Lipinski definition) is 4. The fourth-order valence-electron chi connectivity index (χ4n) is 6.10. The number of hydrogen-bond acceptors (Lipinski definition) is 5.